The smallest absolute Gasteiger partial charge is 0.247 e. The second-order valence-electron chi connectivity index (χ2n) is 5.63. The Hall–Kier alpha value is -3.24. The molecule has 3 rings (SSSR count). The molecule has 0 bridgehead atoms. The van der Waals surface area contributed by atoms with Crippen LogP contribution in [0.4, 0.5) is 27.8 Å². The van der Waals surface area contributed by atoms with E-state index in [1.54, 1.807) is 13.0 Å². The number of nitrogens with zero attached hydrogens (tertiary/aromatic N) is 4. The predicted molar refractivity (Wildman–Crippen MR) is 83.2 cm³/mol. The number of carbonyl (C=O) groups is 1. The van der Waals surface area contributed by atoms with Gasteiger partial charge >= 0.3 is 0 Å². The number of aryl methyl sites for hydroxylation is 1. The molecule has 3 aromatic rings. The number of anilines is 1. The topological polar surface area (TPSA) is 64.7 Å². The molecule has 0 fully saturated rings. The molecule has 0 unspecified atom stereocenters. The van der Waals surface area contributed by atoms with Crippen LogP contribution in [0.3, 0.4) is 0 Å². The minimum absolute atomic E-state index is 0.0497. The Morgan fingerprint density at radius 1 is 1.04 bits per heavy atom. The fourth-order valence-corrected chi connectivity index (χ4v) is 2.35. The second kappa shape index (κ2) is 7.17. The first-order valence-corrected chi connectivity index (χ1v) is 7.60. The third kappa shape index (κ3) is 3.66. The van der Waals surface area contributed by atoms with E-state index in [0.717, 1.165) is 10.4 Å². The molecule has 0 saturated heterocycles. The molecule has 6 nitrogen and oxygen atoms in total. The van der Waals surface area contributed by atoms with Crippen LogP contribution in [0.5, 0.6) is 0 Å². The van der Waals surface area contributed by atoms with Crippen LogP contribution in [0.25, 0.3) is 0 Å². The summed E-state index contributed by atoms with van der Waals surface area (Å²) in [6.45, 7) is 0.975. The van der Waals surface area contributed by atoms with Gasteiger partial charge in [-0.2, -0.15) is 10.2 Å². The number of hydrogen-bond acceptors (Lipinski definition) is 3. The highest BCUT2D eigenvalue weighted by Gasteiger charge is 2.25. The summed E-state index contributed by atoms with van der Waals surface area (Å²) in [5, 5.41) is 10.2. The maximum atomic E-state index is 13.7. The van der Waals surface area contributed by atoms with Crippen LogP contribution in [0.2, 0.25) is 0 Å². The van der Waals surface area contributed by atoms with Crippen LogP contribution in [-0.4, -0.2) is 25.5 Å². The first-order chi connectivity index (χ1) is 12.8. The van der Waals surface area contributed by atoms with Crippen molar-refractivity contribution in [1.29, 1.82) is 0 Å². The highest BCUT2D eigenvalue weighted by Crippen LogP contribution is 2.23. The van der Waals surface area contributed by atoms with Crippen LogP contribution >= 0.6 is 0 Å². The van der Waals surface area contributed by atoms with E-state index in [4.69, 9.17) is 0 Å². The third-order valence-corrected chi connectivity index (χ3v) is 3.75. The number of carbonyl (C=O) groups excluding carboxylic acids is 1. The molecule has 1 aromatic carbocycles. The number of halogens is 5. The highest BCUT2D eigenvalue weighted by atomic mass is 19.2. The normalized spacial score (nSPS) is 11.0. The molecule has 142 valence electrons. The Balaban J connectivity index is 1.74. The van der Waals surface area contributed by atoms with Crippen LogP contribution in [0.1, 0.15) is 11.3 Å². The summed E-state index contributed by atoms with van der Waals surface area (Å²) < 4.78 is 69.4. The van der Waals surface area contributed by atoms with Crippen molar-refractivity contribution in [2.24, 2.45) is 0 Å². The standard InChI is InChI=1S/C16H12F5N5O/c1-8-2-4-22-26(8)7-11(27)23-10-3-5-25(24-10)6-9-12(17)14(19)16(21)15(20)13(9)18/h2-5H,6-7H2,1H3,(H,23,24,27). The van der Waals surface area contributed by atoms with Crippen molar-refractivity contribution in [3.63, 3.8) is 0 Å². The molecule has 0 radical (unpaired) electrons. The van der Waals surface area contributed by atoms with E-state index in [9.17, 15) is 26.7 Å². The van der Waals surface area contributed by atoms with Gasteiger partial charge in [0.1, 0.15) is 6.54 Å². The van der Waals surface area contributed by atoms with Gasteiger partial charge in [-0.05, 0) is 13.0 Å². The van der Waals surface area contributed by atoms with Crippen molar-refractivity contribution >= 4 is 11.7 Å². The Bertz CT molecular complexity index is 984. The minimum Gasteiger partial charge on any atom is -0.308 e. The van der Waals surface area contributed by atoms with E-state index in [2.05, 4.69) is 15.5 Å². The van der Waals surface area contributed by atoms with Gasteiger partial charge in [0, 0.05) is 24.2 Å². The summed E-state index contributed by atoms with van der Waals surface area (Å²) in [7, 11) is 0. The van der Waals surface area contributed by atoms with Gasteiger partial charge in [-0.1, -0.05) is 0 Å². The van der Waals surface area contributed by atoms with Gasteiger partial charge in [-0.3, -0.25) is 14.2 Å². The van der Waals surface area contributed by atoms with E-state index >= 15 is 0 Å². The zero-order valence-electron chi connectivity index (χ0n) is 13.8. The van der Waals surface area contributed by atoms with Gasteiger partial charge in [0.05, 0.1) is 12.1 Å². The van der Waals surface area contributed by atoms with E-state index in [0.29, 0.717) is 0 Å². The SMILES string of the molecule is Cc1ccnn1CC(=O)Nc1ccn(Cc2c(F)c(F)c(F)c(F)c2F)n1. The fraction of sp³-hybridized carbons (Fsp3) is 0.188. The number of rotatable bonds is 5. The van der Waals surface area contributed by atoms with E-state index in [1.165, 1.54) is 23.1 Å². The molecule has 27 heavy (non-hydrogen) atoms. The molecule has 0 aliphatic heterocycles. The molecule has 1 N–H and O–H groups in total. The van der Waals surface area contributed by atoms with Crippen molar-refractivity contribution in [1.82, 2.24) is 19.6 Å². The first kappa shape index (κ1) is 18.5. The molecule has 0 aliphatic rings. The van der Waals surface area contributed by atoms with Gasteiger partial charge in [0.2, 0.25) is 11.7 Å². The van der Waals surface area contributed by atoms with E-state index < -0.39 is 47.1 Å². The predicted octanol–water partition coefficient (Wildman–Crippen LogP) is 2.77. The second-order valence-corrected chi connectivity index (χ2v) is 5.63. The summed E-state index contributed by atoms with van der Waals surface area (Å²) in [6, 6.07) is 3.03. The largest absolute Gasteiger partial charge is 0.308 e. The maximum absolute atomic E-state index is 13.7. The molecule has 0 spiro atoms. The Morgan fingerprint density at radius 3 is 2.26 bits per heavy atom. The van der Waals surface area contributed by atoms with E-state index in [-0.39, 0.29) is 12.4 Å². The van der Waals surface area contributed by atoms with Gasteiger partial charge < -0.3 is 5.32 Å². The zero-order chi connectivity index (χ0) is 19.7. The van der Waals surface area contributed by atoms with Crippen molar-refractivity contribution in [3.05, 3.63) is 64.9 Å². The molecule has 0 saturated carbocycles. The molecular weight excluding hydrogens is 373 g/mol. The number of benzene rings is 1. The third-order valence-electron chi connectivity index (χ3n) is 3.75. The lowest BCUT2D eigenvalue weighted by atomic mass is 10.1. The number of hydrogen-bond donors (Lipinski definition) is 1. The Morgan fingerprint density at radius 2 is 1.67 bits per heavy atom. The summed E-state index contributed by atoms with van der Waals surface area (Å²) >= 11 is 0. The van der Waals surface area contributed by atoms with Crippen molar-refractivity contribution < 1.29 is 26.7 Å². The number of nitrogens with one attached hydrogen (secondary N) is 1. The lowest BCUT2D eigenvalue weighted by Gasteiger charge is -2.08. The fourth-order valence-electron chi connectivity index (χ4n) is 2.35. The van der Waals surface area contributed by atoms with Crippen molar-refractivity contribution in [3.8, 4) is 0 Å². The Kier molecular flexibility index (Phi) is 4.93. The average Bonchev–Trinajstić information content (AvgIpc) is 3.24. The van der Waals surface area contributed by atoms with Crippen molar-refractivity contribution in [2.75, 3.05) is 5.32 Å². The van der Waals surface area contributed by atoms with Crippen LogP contribution in [-0.2, 0) is 17.9 Å². The first-order valence-electron chi connectivity index (χ1n) is 7.60. The van der Waals surface area contributed by atoms with Crippen molar-refractivity contribution in [2.45, 2.75) is 20.0 Å². The summed E-state index contributed by atoms with van der Waals surface area (Å²) in [4.78, 5) is 12.0. The molecule has 2 heterocycles. The molecule has 11 heteroatoms. The molecule has 0 atom stereocenters. The monoisotopic (exact) mass is 385 g/mol. The summed E-state index contributed by atoms with van der Waals surface area (Å²) in [6.07, 6.45) is 2.76. The van der Waals surface area contributed by atoms with Gasteiger partial charge in [0.15, 0.2) is 29.1 Å². The zero-order valence-corrected chi connectivity index (χ0v) is 13.8. The highest BCUT2D eigenvalue weighted by molar-refractivity contribution is 5.89. The molecule has 2 aromatic heterocycles. The van der Waals surface area contributed by atoms with Gasteiger partial charge in [-0.25, -0.2) is 22.0 Å². The summed E-state index contributed by atoms with van der Waals surface area (Å²) in [5.74, 6) is -10.5. The lowest BCUT2D eigenvalue weighted by molar-refractivity contribution is -0.117. The minimum atomic E-state index is -2.23. The Labute approximate surface area is 149 Å². The van der Waals surface area contributed by atoms with Gasteiger partial charge in [-0.15, -0.1) is 0 Å². The summed E-state index contributed by atoms with van der Waals surface area (Å²) in [5.41, 5.74) is -0.262. The molecular formula is C16H12F5N5O. The van der Waals surface area contributed by atoms with Crippen LogP contribution in [0, 0.1) is 36.0 Å². The lowest BCUT2D eigenvalue weighted by Crippen LogP contribution is -2.20. The molecule has 1 amide bonds. The van der Waals surface area contributed by atoms with Crippen LogP contribution in [0.15, 0.2) is 24.5 Å². The molecule has 0 aliphatic carbocycles. The quantitative estimate of drug-likeness (QED) is 0.417. The number of aromatic nitrogens is 4. The number of amides is 1. The maximum Gasteiger partial charge on any atom is 0.247 e. The van der Waals surface area contributed by atoms with Crippen LogP contribution < -0.4 is 5.32 Å². The average molecular weight is 385 g/mol. The van der Waals surface area contributed by atoms with E-state index in [1.807, 2.05) is 0 Å². The van der Waals surface area contributed by atoms with Gasteiger partial charge in [0.25, 0.3) is 0 Å².